The molecule has 0 saturated carbocycles. The van der Waals surface area contributed by atoms with E-state index in [2.05, 4.69) is 15.2 Å². The summed E-state index contributed by atoms with van der Waals surface area (Å²) in [5.41, 5.74) is 5.17. The lowest BCUT2D eigenvalue weighted by Crippen LogP contribution is -2.33. The Labute approximate surface area is 219 Å². The fourth-order valence-corrected chi connectivity index (χ4v) is 5.83. The lowest BCUT2D eigenvalue weighted by atomic mass is 9.96. The van der Waals surface area contributed by atoms with Crippen molar-refractivity contribution in [1.82, 2.24) is 10.1 Å². The van der Waals surface area contributed by atoms with Crippen molar-refractivity contribution >= 4 is 50.5 Å². The first-order valence-electron chi connectivity index (χ1n) is 10.5. The van der Waals surface area contributed by atoms with Crippen LogP contribution in [0.3, 0.4) is 0 Å². The summed E-state index contributed by atoms with van der Waals surface area (Å²) >= 11 is 18.7. The Morgan fingerprint density at radius 1 is 0.971 bits per heavy atom. The smallest absolute Gasteiger partial charge is 0.241 e. The van der Waals surface area contributed by atoms with E-state index in [4.69, 9.17) is 44.3 Å². The first-order chi connectivity index (χ1) is 16.7. The Morgan fingerprint density at radius 3 is 2.34 bits per heavy atom. The lowest BCUT2D eigenvalue weighted by Gasteiger charge is -2.21. The second kappa shape index (κ2) is 10.6. The van der Waals surface area contributed by atoms with E-state index >= 15 is 0 Å². The Kier molecular flexibility index (Phi) is 7.78. The van der Waals surface area contributed by atoms with Crippen LogP contribution >= 0.6 is 34.8 Å². The average Bonchev–Trinajstić information content (AvgIpc) is 3.33. The van der Waals surface area contributed by atoms with Crippen LogP contribution in [-0.4, -0.2) is 28.3 Å². The molecule has 4 rings (SSSR count). The minimum Gasteiger partial charge on any atom is -0.497 e. The molecule has 1 aliphatic heterocycles. The van der Waals surface area contributed by atoms with Crippen molar-refractivity contribution in [3.63, 3.8) is 0 Å². The predicted molar refractivity (Wildman–Crippen MR) is 138 cm³/mol. The van der Waals surface area contributed by atoms with Crippen LogP contribution in [0.25, 0.3) is 0 Å². The number of rotatable bonds is 8. The monoisotopic (exact) mass is 553 g/mol. The number of halogens is 3. The summed E-state index contributed by atoms with van der Waals surface area (Å²) in [6.45, 7) is 0. The SMILES string of the molecule is COc1ccc(C2CC(C(NS(=O)(=O)c3ccc(OC)c(Cl)c3)c3ccc(Cl)cc3Cl)=NN2)cc1. The number of benzene rings is 3. The number of hydrogen-bond donors (Lipinski definition) is 2. The van der Waals surface area contributed by atoms with E-state index in [-0.39, 0.29) is 16.0 Å². The van der Waals surface area contributed by atoms with Gasteiger partial charge in [-0.2, -0.15) is 9.82 Å². The van der Waals surface area contributed by atoms with Gasteiger partial charge < -0.3 is 14.9 Å². The van der Waals surface area contributed by atoms with Gasteiger partial charge >= 0.3 is 0 Å². The Hall–Kier alpha value is -2.49. The molecule has 0 aromatic heterocycles. The van der Waals surface area contributed by atoms with Crippen LogP contribution in [0.1, 0.15) is 29.6 Å². The third-order valence-corrected chi connectivity index (χ3v) is 7.89. The quantitative estimate of drug-likeness (QED) is 0.369. The first kappa shape index (κ1) is 25.6. The van der Waals surface area contributed by atoms with Crippen LogP contribution in [-0.2, 0) is 10.0 Å². The van der Waals surface area contributed by atoms with Crippen molar-refractivity contribution in [2.45, 2.75) is 23.4 Å². The number of hydrogen-bond acceptors (Lipinski definition) is 6. The molecular formula is C24H22Cl3N3O4S. The molecule has 2 N–H and O–H groups in total. The number of sulfonamides is 1. The molecule has 7 nitrogen and oxygen atoms in total. The highest BCUT2D eigenvalue weighted by molar-refractivity contribution is 7.89. The topological polar surface area (TPSA) is 89.0 Å². The largest absolute Gasteiger partial charge is 0.497 e. The number of nitrogens with one attached hydrogen (secondary N) is 2. The van der Waals surface area contributed by atoms with E-state index in [1.807, 2.05) is 24.3 Å². The molecule has 11 heteroatoms. The molecule has 0 saturated heterocycles. The van der Waals surface area contributed by atoms with Crippen molar-refractivity contribution in [3.05, 3.63) is 86.9 Å². The van der Waals surface area contributed by atoms with Gasteiger partial charge in [-0.15, -0.1) is 0 Å². The molecule has 0 spiro atoms. The maximum absolute atomic E-state index is 13.4. The van der Waals surface area contributed by atoms with Gasteiger partial charge in [0.2, 0.25) is 10.0 Å². The van der Waals surface area contributed by atoms with Gasteiger partial charge in [-0.1, -0.05) is 53.0 Å². The molecule has 3 aromatic carbocycles. The van der Waals surface area contributed by atoms with Gasteiger partial charge in [-0.3, -0.25) is 0 Å². The molecule has 1 heterocycles. The molecule has 2 atom stereocenters. The van der Waals surface area contributed by atoms with Crippen molar-refractivity contribution < 1.29 is 17.9 Å². The minimum atomic E-state index is -4.02. The van der Waals surface area contributed by atoms with E-state index < -0.39 is 16.1 Å². The van der Waals surface area contributed by atoms with Crippen molar-refractivity contribution in [3.8, 4) is 11.5 Å². The highest BCUT2D eigenvalue weighted by atomic mass is 35.5. The second-order valence-electron chi connectivity index (χ2n) is 7.78. The maximum atomic E-state index is 13.4. The maximum Gasteiger partial charge on any atom is 0.241 e. The number of methoxy groups -OCH3 is 2. The van der Waals surface area contributed by atoms with Crippen LogP contribution < -0.4 is 19.6 Å². The van der Waals surface area contributed by atoms with E-state index in [0.29, 0.717) is 33.5 Å². The van der Waals surface area contributed by atoms with Crippen molar-refractivity contribution in [2.75, 3.05) is 14.2 Å². The summed E-state index contributed by atoms with van der Waals surface area (Å²) in [5, 5.41) is 5.40. The van der Waals surface area contributed by atoms with E-state index in [0.717, 1.165) is 11.3 Å². The van der Waals surface area contributed by atoms with Crippen molar-refractivity contribution in [2.24, 2.45) is 5.10 Å². The molecule has 0 fully saturated rings. The number of ether oxygens (including phenoxy) is 2. The van der Waals surface area contributed by atoms with Crippen LogP contribution in [0.2, 0.25) is 15.1 Å². The zero-order valence-electron chi connectivity index (χ0n) is 18.8. The van der Waals surface area contributed by atoms with Crippen molar-refractivity contribution in [1.29, 1.82) is 0 Å². The molecule has 0 amide bonds. The molecule has 0 aliphatic carbocycles. The van der Waals surface area contributed by atoms with Gasteiger partial charge in [-0.05, 0) is 53.6 Å². The van der Waals surface area contributed by atoms with Crippen LogP contribution in [0.5, 0.6) is 11.5 Å². The Bertz CT molecular complexity index is 1360. The standard InChI is InChI=1S/C24H22Cl3N3O4S/c1-33-16-6-3-14(4-7-16)21-13-22(29-28-21)24(18-9-5-15(25)11-19(18)26)30-35(31,32)17-8-10-23(34-2)20(27)12-17/h3-12,21,24,28,30H,13H2,1-2H3. The molecule has 184 valence electrons. The van der Waals surface area contributed by atoms with Crippen LogP contribution in [0.4, 0.5) is 0 Å². The number of hydrazone groups is 1. The summed E-state index contributed by atoms with van der Waals surface area (Å²) in [6.07, 6.45) is 0.446. The van der Waals surface area contributed by atoms with Gasteiger partial charge in [0, 0.05) is 16.5 Å². The van der Waals surface area contributed by atoms with E-state index in [1.54, 1.807) is 25.3 Å². The third kappa shape index (κ3) is 5.68. The molecule has 35 heavy (non-hydrogen) atoms. The fourth-order valence-electron chi connectivity index (χ4n) is 3.76. The molecule has 0 bridgehead atoms. The Morgan fingerprint density at radius 2 is 1.71 bits per heavy atom. The highest BCUT2D eigenvalue weighted by Crippen LogP contribution is 2.34. The summed E-state index contributed by atoms with van der Waals surface area (Å²) in [6, 6.07) is 15.7. The predicted octanol–water partition coefficient (Wildman–Crippen LogP) is 5.77. The van der Waals surface area contributed by atoms with Crippen LogP contribution in [0, 0.1) is 0 Å². The molecule has 0 radical (unpaired) electrons. The summed E-state index contributed by atoms with van der Waals surface area (Å²) in [5.74, 6) is 1.11. The zero-order valence-corrected chi connectivity index (χ0v) is 21.8. The number of nitrogens with zero attached hydrogens (tertiary/aromatic N) is 1. The summed E-state index contributed by atoms with van der Waals surface area (Å²) in [7, 11) is -0.959. The third-order valence-electron chi connectivity index (χ3n) is 5.61. The lowest BCUT2D eigenvalue weighted by molar-refractivity contribution is 0.414. The van der Waals surface area contributed by atoms with Gasteiger partial charge in [0.25, 0.3) is 0 Å². The van der Waals surface area contributed by atoms with Crippen LogP contribution in [0.15, 0.2) is 70.7 Å². The second-order valence-corrected chi connectivity index (χ2v) is 10.7. The van der Waals surface area contributed by atoms with E-state index in [9.17, 15) is 8.42 Å². The molecule has 1 aliphatic rings. The first-order valence-corrected chi connectivity index (χ1v) is 13.1. The van der Waals surface area contributed by atoms with Gasteiger partial charge in [0.1, 0.15) is 11.5 Å². The van der Waals surface area contributed by atoms with Gasteiger partial charge in [0.15, 0.2) is 0 Å². The van der Waals surface area contributed by atoms with E-state index in [1.165, 1.54) is 25.3 Å². The molecule has 2 unspecified atom stereocenters. The van der Waals surface area contributed by atoms with Gasteiger partial charge in [-0.25, -0.2) is 8.42 Å². The summed E-state index contributed by atoms with van der Waals surface area (Å²) < 4.78 is 39.8. The summed E-state index contributed by atoms with van der Waals surface area (Å²) in [4.78, 5) is -0.0170. The zero-order chi connectivity index (χ0) is 25.2. The Balaban J connectivity index is 1.66. The molecular weight excluding hydrogens is 533 g/mol. The average molecular weight is 555 g/mol. The fraction of sp³-hybridized carbons (Fsp3) is 0.208. The minimum absolute atomic E-state index is 0.0170. The highest BCUT2D eigenvalue weighted by Gasteiger charge is 2.32. The normalized spacial score (nSPS) is 16.4. The van der Waals surface area contributed by atoms with Gasteiger partial charge in [0.05, 0.1) is 41.9 Å². The molecule has 3 aromatic rings.